The number of carbonyl (C=O) groups is 2. The summed E-state index contributed by atoms with van der Waals surface area (Å²) in [6, 6.07) is 6.05. The lowest BCUT2D eigenvalue weighted by Gasteiger charge is -2.28. The van der Waals surface area contributed by atoms with Gasteiger partial charge in [-0.3, -0.25) is 4.79 Å². The molecule has 0 aliphatic carbocycles. The maximum Gasteiger partial charge on any atom is 0.342 e. The van der Waals surface area contributed by atoms with E-state index < -0.39 is 34.3 Å². The van der Waals surface area contributed by atoms with Gasteiger partial charge in [0.15, 0.2) is 12.4 Å². The molecule has 0 saturated carbocycles. The van der Waals surface area contributed by atoms with Gasteiger partial charge in [0, 0.05) is 31.9 Å². The lowest BCUT2D eigenvalue weighted by Crippen LogP contribution is -2.40. The van der Waals surface area contributed by atoms with Gasteiger partial charge >= 0.3 is 5.97 Å². The van der Waals surface area contributed by atoms with E-state index in [0.29, 0.717) is 5.56 Å². The zero-order valence-corrected chi connectivity index (χ0v) is 15.9. The molecule has 28 heavy (non-hydrogen) atoms. The van der Waals surface area contributed by atoms with E-state index in [1.54, 1.807) is 30.5 Å². The second-order valence-electron chi connectivity index (χ2n) is 6.23. The third-order valence-electron chi connectivity index (χ3n) is 4.20. The molecule has 2 aliphatic rings. The van der Waals surface area contributed by atoms with Crippen LogP contribution in [0.2, 0.25) is 0 Å². The van der Waals surface area contributed by atoms with Gasteiger partial charge in [0.25, 0.3) is 15.9 Å². The Bertz CT molecular complexity index is 1000. The number of ether oxygens (including phenoxy) is 1. The molecule has 0 radical (unpaired) electrons. The molecule has 10 heteroatoms. The lowest BCUT2D eigenvalue weighted by molar-refractivity contribution is -0.148. The Labute approximate surface area is 161 Å². The molecule has 0 bridgehead atoms. The monoisotopic (exact) mass is 407 g/mol. The molecule has 0 N–H and O–H groups in total. The van der Waals surface area contributed by atoms with Crippen molar-refractivity contribution < 1.29 is 27.1 Å². The van der Waals surface area contributed by atoms with Crippen molar-refractivity contribution in [1.29, 1.82) is 0 Å². The van der Waals surface area contributed by atoms with Crippen LogP contribution in [0.15, 0.2) is 52.6 Å². The van der Waals surface area contributed by atoms with E-state index in [4.69, 9.17) is 4.74 Å². The minimum Gasteiger partial charge on any atom is -0.452 e. The highest BCUT2D eigenvalue weighted by Crippen LogP contribution is 2.18. The Morgan fingerprint density at radius 3 is 2.82 bits per heavy atom. The first-order valence-corrected chi connectivity index (χ1v) is 10.0. The van der Waals surface area contributed by atoms with Crippen molar-refractivity contribution in [2.45, 2.75) is 6.54 Å². The second kappa shape index (κ2) is 7.93. The highest BCUT2D eigenvalue weighted by atomic mass is 32.2. The van der Waals surface area contributed by atoms with E-state index in [-0.39, 0.29) is 30.3 Å². The van der Waals surface area contributed by atoms with Crippen molar-refractivity contribution in [1.82, 2.24) is 9.80 Å². The predicted molar refractivity (Wildman–Crippen MR) is 99.0 cm³/mol. The van der Waals surface area contributed by atoms with E-state index in [1.165, 1.54) is 29.0 Å². The summed E-state index contributed by atoms with van der Waals surface area (Å²) in [5.74, 6) is -2.00. The summed E-state index contributed by atoms with van der Waals surface area (Å²) >= 11 is 0. The number of rotatable bonds is 5. The molecule has 2 aliphatic heterocycles. The van der Waals surface area contributed by atoms with Gasteiger partial charge < -0.3 is 14.5 Å². The van der Waals surface area contributed by atoms with Gasteiger partial charge in [-0.05, 0) is 18.2 Å². The average molecular weight is 407 g/mol. The molecule has 0 aromatic heterocycles. The van der Waals surface area contributed by atoms with E-state index >= 15 is 0 Å². The zero-order chi connectivity index (χ0) is 20.3. The van der Waals surface area contributed by atoms with E-state index in [2.05, 4.69) is 4.40 Å². The molecule has 8 nitrogen and oxygen atoms in total. The summed E-state index contributed by atoms with van der Waals surface area (Å²) < 4.78 is 45.8. The standard InChI is InChI=1S/C18H18FN3O5S/c1-21(11-13-5-2-3-7-15(13)19)16(23)12-27-18(24)14-6-4-8-22-9-10-28(25,26)20-17(14)22/h2-8H,9-12H2,1H3. The van der Waals surface area contributed by atoms with E-state index in [0.717, 1.165) is 0 Å². The molecule has 3 rings (SSSR count). The molecule has 0 atom stereocenters. The molecule has 1 amide bonds. The fourth-order valence-electron chi connectivity index (χ4n) is 2.66. The third kappa shape index (κ3) is 4.45. The zero-order valence-electron chi connectivity index (χ0n) is 15.0. The minimum absolute atomic E-state index is 0.0211. The van der Waals surface area contributed by atoms with Gasteiger partial charge in [0.2, 0.25) is 0 Å². The number of hydrogen-bond donors (Lipinski definition) is 0. The molecule has 1 aromatic carbocycles. The molecule has 0 fully saturated rings. The van der Waals surface area contributed by atoms with Crippen LogP contribution in [-0.4, -0.2) is 61.9 Å². The van der Waals surface area contributed by atoms with Crippen LogP contribution in [0.4, 0.5) is 4.39 Å². The number of allylic oxidation sites excluding steroid dienone is 2. The molecular formula is C18H18FN3O5S. The van der Waals surface area contributed by atoms with Crippen LogP contribution < -0.4 is 0 Å². The number of amides is 1. The van der Waals surface area contributed by atoms with Gasteiger partial charge in [-0.25, -0.2) is 17.6 Å². The van der Waals surface area contributed by atoms with Crippen LogP contribution in [0.1, 0.15) is 5.56 Å². The third-order valence-corrected chi connectivity index (χ3v) is 5.34. The second-order valence-corrected chi connectivity index (χ2v) is 7.99. The summed E-state index contributed by atoms with van der Waals surface area (Å²) in [5.41, 5.74) is 0.289. The van der Waals surface area contributed by atoms with Crippen molar-refractivity contribution in [2.24, 2.45) is 4.40 Å². The summed E-state index contributed by atoms with van der Waals surface area (Å²) in [4.78, 5) is 27.3. The molecule has 0 saturated heterocycles. The number of likely N-dealkylation sites (N-methyl/N-ethyl adjacent to an activating group) is 1. The van der Waals surface area contributed by atoms with Crippen LogP contribution in [-0.2, 0) is 30.9 Å². The maximum absolute atomic E-state index is 13.7. The number of carbonyl (C=O) groups excluding carboxylic acids is 2. The van der Waals surface area contributed by atoms with E-state index in [9.17, 15) is 22.4 Å². The van der Waals surface area contributed by atoms with Gasteiger partial charge in [-0.2, -0.15) is 0 Å². The maximum atomic E-state index is 13.7. The minimum atomic E-state index is -3.65. The number of sulfonamides is 1. The highest BCUT2D eigenvalue weighted by Gasteiger charge is 2.31. The summed E-state index contributed by atoms with van der Waals surface area (Å²) in [6.45, 7) is -0.370. The Hall–Kier alpha value is -3.01. The number of hydrogen-bond acceptors (Lipinski definition) is 6. The summed E-state index contributed by atoms with van der Waals surface area (Å²) in [5, 5.41) is 0. The summed E-state index contributed by atoms with van der Waals surface area (Å²) in [7, 11) is -2.19. The molecule has 0 spiro atoms. The average Bonchev–Trinajstić information content (AvgIpc) is 2.66. The number of amidine groups is 1. The van der Waals surface area contributed by atoms with Gasteiger partial charge in [-0.15, -0.1) is 4.40 Å². The van der Waals surface area contributed by atoms with Gasteiger partial charge in [0.1, 0.15) is 11.4 Å². The number of benzene rings is 1. The van der Waals surface area contributed by atoms with Crippen LogP contribution in [0.5, 0.6) is 0 Å². The van der Waals surface area contributed by atoms with Crippen molar-refractivity contribution >= 4 is 27.7 Å². The number of esters is 1. The van der Waals surface area contributed by atoms with Crippen molar-refractivity contribution in [3.05, 3.63) is 59.6 Å². The number of nitrogens with zero attached hydrogens (tertiary/aromatic N) is 3. The lowest BCUT2D eigenvalue weighted by atomic mass is 10.1. The van der Waals surface area contributed by atoms with E-state index in [1.807, 2.05) is 0 Å². The van der Waals surface area contributed by atoms with Crippen molar-refractivity contribution in [3.63, 3.8) is 0 Å². The van der Waals surface area contributed by atoms with Crippen molar-refractivity contribution in [2.75, 3.05) is 26.0 Å². The first-order valence-electron chi connectivity index (χ1n) is 8.39. The Morgan fingerprint density at radius 1 is 1.32 bits per heavy atom. The fourth-order valence-corrected chi connectivity index (χ4v) is 3.65. The highest BCUT2D eigenvalue weighted by molar-refractivity contribution is 7.90. The molecule has 1 aromatic rings. The largest absolute Gasteiger partial charge is 0.452 e. The van der Waals surface area contributed by atoms with Crippen LogP contribution in [0, 0.1) is 5.82 Å². The fraction of sp³-hybridized carbons (Fsp3) is 0.278. The van der Waals surface area contributed by atoms with Gasteiger partial charge in [0.05, 0.1) is 5.75 Å². The predicted octanol–water partition coefficient (Wildman–Crippen LogP) is 0.825. The van der Waals surface area contributed by atoms with Crippen LogP contribution >= 0.6 is 0 Å². The summed E-state index contributed by atoms with van der Waals surface area (Å²) in [6.07, 6.45) is 4.56. The van der Waals surface area contributed by atoms with Crippen LogP contribution in [0.3, 0.4) is 0 Å². The smallest absolute Gasteiger partial charge is 0.342 e. The number of fused-ring (bicyclic) bond motifs is 1. The Kier molecular flexibility index (Phi) is 5.59. The molecular weight excluding hydrogens is 389 g/mol. The SMILES string of the molecule is CN(Cc1ccccc1F)C(=O)COC(=O)C1=CC=CN2CCS(=O)(=O)N=C12. The Morgan fingerprint density at radius 2 is 2.07 bits per heavy atom. The Balaban J connectivity index is 1.62. The topological polar surface area (TPSA) is 96.4 Å². The molecule has 2 heterocycles. The molecule has 0 unspecified atom stereocenters. The van der Waals surface area contributed by atoms with Gasteiger partial charge in [-0.1, -0.05) is 18.2 Å². The normalized spacial score (nSPS) is 17.3. The first-order chi connectivity index (χ1) is 13.3. The number of halogens is 1. The van der Waals surface area contributed by atoms with Crippen molar-refractivity contribution in [3.8, 4) is 0 Å². The first kappa shape index (κ1) is 19.7. The van der Waals surface area contributed by atoms with Crippen LogP contribution in [0.25, 0.3) is 0 Å². The molecule has 148 valence electrons. The quantitative estimate of drug-likeness (QED) is 0.671.